The van der Waals surface area contributed by atoms with Crippen molar-refractivity contribution in [2.75, 3.05) is 36.2 Å². The quantitative estimate of drug-likeness (QED) is 0.522. The second-order valence-electron chi connectivity index (χ2n) is 6.65. The molecule has 31 heavy (non-hydrogen) atoms. The predicted octanol–water partition coefficient (Wildman–Crippen LogP) is 3.41. The van der Waals surface area contributed by atoms with E-state index in [0.29, 0.717) is 36.3 Å². The molecule has 0 atom stereocenters. The van der Waals surface area contributed by atoms with Crippen LogP contribution in [0.1, 0.15) is 12.8 Å². The molecule has 12 heteroatoms. The molecule has 3 aromatic rings. The molecule has 0 unspecified atom stereocenters. The van der Waals surface area contributed by atoms with Crippen LogP contribution < -0.4 is 25.4 Å². The van der Waals surface area contributed by atoms with Gasteiger partial charge in [0.05, 0.1) is 11.9 Å². The minimum absolute atomic E-state index is 0.250. The average molecular weight is 436 g/mol. The fourth-order valence-electron chi connectivity index (χ4n) is 3.10. The Kier molecular flexibility index (Phi) is 5.69. The van der Waals surface area contributed by atoms with E-state index in [1.165, 1.54) is 22.8 Å². The van der Waals surface area contributed by atoms with Gasteiger partial charge < -0.3 is 25.4 Å². The molecule has 1 aliphatic heterocycles. The second-order valence-corrected chi connectivity index (χ2v) is 6.65. The number of carbonyl (C=O) groups is 1. The maximum Gasteiger partial charge on any atom is 0.239 e. The number of ether oxygens (including phenoxy) is 2. The van der Waals surface area contributed by atoms with Crippen molar-refractivity contribution in [2.45, 2.75) is 19.3 Å². The number of fused-ring (bicyclic) bond motifs is 2. The van der Waals surface area contributed by atoms with Crippen molar-refractivity contribution in [1.82, 2.24) is 14.6 Å². The second kappa shape index (κ2) is 8.58. The number of anilines is 4. The van der Waals surface area contributed by atoms with Gasteiger partial charge in [-0.1, -0.05) is 0 Å². The van der Waals surface area contributed by atoms with Gasteiger partial charge in [-0.15, -0.1) is 0 Å². The Bertz CT molecular complexity index is 1120. The molecule has 2 aromatic heterocycles. The maximum atomic E-state index is 14.0. The Morgan fingerprint density at radius 2 is 2.03 bits per heavy atom. The number of hydrogen-bond acceptors (Lipinski definition) is 7. The smallest absolute Gasteiger partial charge is 0.239 e. The maximum absolute atomic E-state index is 14.0. The number of aromatic nitrogens is 3. The SMILES string of the molecule is CNc1cc(Nc2cc(F)cc3c2OCCO3)nc2c(NC(=O)CCC(F)F)cnn12. The van der Waals surface area contributed by atoms with Crippen molar-refractivity contribution < 1.29 is 27.4 Å². The lowest BCUT2D eigenvalue weighted by Crippen LogP contribution is -2.17. The summed E-state index contributed by atoms with van der Waals surface area (Å²) in [6.07, 6.45) is -2.07. The average Bonchev–Trinajstić information content (AvgIpc) is 3.14. The molecule has 0 radical (unpaired) electrons. The molecule has 0 bridgehead atoms. The summed E-state index contributed by atoms with van der Waals surface area (Å²) in [7, 11) is 1.67. The summed E-state index contributed by atoms with van der Waals surface area (Å²) in [5.74, 6) is 0.365. The van der Waals surface area contributed by atoms with E-state index >= 15 is 0 Å². The van der Waals surface area contributed by atoms with Gasteiger partial charge in [0.1, 0.15) is 36.4 Å². The first-order valence-corrected chi connectivity index (χ1v) is 9.45. The highest BCUT2D eigenvalue weighted by molar-refractivity contribution is 5.94. The standard InChI is InChI=1S/C19H19F3N6O3/c1-23-16-8-15(25-11-6-10(20)7-13-18(11)31-5-4-30-13)27-19-12(9-24-28(16)19)26-17(29)3-2-14(21)22/h6-9,14,23H,2-5H2,1H3,(H,25,27)(H,26,29). The fraction of sp³-hybridized carbons (Fsp3) is 0.316. The van der Waals surface area contributed by atoms with Gasteiger partial charge in [-0.3, -0.25) is 4.79 Å². The van der Waals surface area contributed by atoms with Gasteiger partial charge in [0.25, 0.3) is 0 Å². The summed E-state index contributed by atoms with van der Waals surface area (Å²) < 4.78 is 51.2. The number of halogens is 3. The van der Waals surface area contributed by atoms with Crippen LogP contribution in [-0.2, 0) is 4.79 Å². The van der Waals surface area contributed by atoms with Crippen LogP contribution in [0.2, 0.25) is 0 Å². The van der Waals surface area contributed by atoms with E-state index in [1.807, 2.05) is 0 Å². The van der Waals surface area contributed by atoms with Crippen LogP contribution in [0.4, 0.5) is 36.2 Å². The molecule has 9 nitrogen and oxygen atoms in total. The van der Waals surface area contributed by atoms with Crippen LogP contribution in [-0.4, -0.2) is 47.2 Å². The molecule has 164 valence electrons. The molecule has 1 aromatic carbocycles. The Morgan fingerprint density at radius 1 is 1.23 bits per heavy atom. The molecule has 0 saturated heterocycles. The predicted molar refractivity (Wildman–Crippen MR) is 107 cm³/mol. The zero-order valence-corrected chi connectivity index (χ0v) is 16.4. The van der Waals surface area contributed by atoms with Crippen molar-refractivity contribution in [1.29, 1.82) is 0 Å². The van der Waals surface area contributed by atoms with Crippen LogP contribution in [0.25, 0.3) is 5.65 Å². The lowest BCUT2D eigenvalue weighted by Gasteiger charge is -2.21. The van der Waals surface area contributed by atoms with Gasteiger partial charge in [0.2, 0.25) is 12.3 Å². The van der Waals surface area contributed by atoms with Gasteiger partial charge >= 0.3 is 0 Å². The van der Waals surface area contributed by atoms with Crippen LogP contribution in [0.3, 0.4) is 0 Å². The molecule has 0 aliphatic carbocycles. The fourth-order valence-corrected chi connectivity index (χ4v) is 3.10. The highest BCUT2D eigenvalue weighted by Crippen LogP contribution is 2.40. The molecule has 4 rings (SSSR count). The van der Waals surface area contributed by atoms with E-state index < -0.39 is 24.6 Å². The molecule has 3 heterocycles. The largest absolute Gasteiger partial charge is 0.486 e. The van der Waals surface area contributed by atoms with E-state index in [2.05, 4.69) is 26.0 Å². The van der Waals surface area contributed by atoms with Crippen LogP contribution in [0.5, 0.6) is 11.5 Å². The number of amides is 1. The normalized spacial score (nSPS) is 12.8. The molecular weight excluding hydrogens is 417 g/mol. The number of carbonyl (C=O) groups excluding carboxylic acids is 1. The molecule has 0 saturated carbocycles. The van der Waals surface area contributed by atoms with Crippen LogP contribution in [0.15, 0.2) is 24.4 Å². The van der Waals surface area contributed by atoms with Crippen molar-refractivity contribution in [3.05, 3.63) is 30.2 Å². The van der Waals surface area contributed by atoms with Crippen molar-refractivity contribution in [3.8, 4) is 11.5 Å². The summed E-state index contributed by atoms with van der Waals surface area (Å²) in [5.41, 5.74) is 0.832. The van der Waals surface area contributed by atoms with Crippen LogP contribution >= 0.6 is 0 Å². The summed E-state index contributed by atoms with van der Waals surface area (Å²) in [6, 6.07) is 4.12. The zero-order chi connectivity index (χ0) is 22.0. The van der Waals surface area contributed by atoms with Gasteiger partial charge in [0, 0.05) is 38.1 Å². The van der Waals surface area contributed by atoms with E-state index in [1.54, 1.807) is 13.1 Å². The molecule has 1 aliphatic rings. The first-order chi connectivity index (χ1) is 14.9. The highest BCUT2D eigenvalue weighted by Gasteiger charge is 2.20. The summed E-state index contributed by atoms with van der Waals surface area (Å²) >= 11 is 0. The Labute approximate surface area is 174 Å². The number of rotatable bonds is 7. The zero-order valence-electron chi connectivity index (χ0n) is 16.4. The molecule has 1 amide bonds. The third-order valence-corrected chi connectivity index (χ3v) is 4.46. The minimum atomic E-state index is -2.57. The first-order valence-electron chi connectivity index (χ1n) is 9.45. The first kappa shape index (κ1) is 20.6. The summed E-state index contributed by atoms with van der Waals surface area (Å²) in [5, 5.41) is 12.7. The number of hydrogen-bond donors (Lipinski definition) is 3. The number of nitrogens with one attached hydrogen (secondary N) is 3. The van der Waals surface area contributed by atoms with Gasteiger partial charge in [-0.25, -0.2) is 18.2 Å². The molecule has 0 fully saturated rings. The van der Waals surface area contributed by atoms with Gasteiger partial charge in [-0.2, -0.15) is 9.61 Å². The molecule has 0 spiro atoms. The summed E-state index contributed by atoms with van der Waals surface area (Å²) in [4.78, 5) is 16.4. The molecule has 3 N–H and O–H groups in total. The molecular formula is C19H19F3N6O3. The van der Waals surface area contributed by atoms with E-state index in [4.69, 9.17) is 9.47 Å². The van der Waals surface area contributed by atoms with E-state index in [9.17, 15) is 18.0 Å². The van der Waals surface area contributed by atoms with Crippen molar-refractivity contribution in [2.24, 2.45) is 0 Å². The Morgan fingerprint density at radius 3 is 2.81 bits per heavy atom. The monoisotopic (exact) mass is 436 g/mol. The van der Waals surface area contributed by atoms with Gasteiger partial charge in [-0.05, 0) is 0 Å². The summed E-state index contributed by atoms with van der Waals surface area (Å²) in [6.45, 7) is 0.632. The topological polar surface area (TPSA) is 102 Å². The Hall–Kier alpha value is -3.70. The number of nitrogens with zero attached hydrogens (tertiary/aromatic N) is 3. The number of benzene rings is 1. The number of alkyl halides is 2. The van der Waals surface area contributed by atoms with Crippen molar-refractivity contribution >= 4 is 34.6 Å². The Balaban J connectivity index is 1.66. The van der Waals surface area contributed by atoms with E-state index in [-0.39, 0.29) is 23.5 Å². The van der Waals surface area contributed by atoms with Crippen molar-refractivity contribution in [3.63, 3.8) is 0 Å². The van der Waals surface area contributed by atoms with E-state index in [0.717, 1.165) is 0 Å². The lowest BCUT2D eigenvalue weighted by molar-refractivity contribution is -0.116. The minimum Gasteiger partial charge on any atom is -0.486 e. The highest BCUT2D eigenvalue weighted by atomic mass is 19.3. The third-order valence-electron chi connectivity index (χ3n) is 4.46. The van der Waals surface area contributed by atoms with Gasteiger partial charge in [0.15, 0.2) is 17.1 Å². The van der Waals surface area contributed by atoms with Crippen LogP contribution in [0, 0.1) is 5.82 Å². The third kappa shape index (κ3) is 4.42. The lowest BCUT2D eigenvalue weighted by atomic mass is 10.2.